The van der Waals surface area contributed by atoms with E-state index in [0.717, 1.165) is 48.1 Å². The zero-order valence-corrected chi connectivity index (χ0v) is 15.1. The molecule has 2 aromatic rings. The zero-order valence-electron chi connectivity index (χ0n) is 15.1. The van der Waals surface area contributed by atoms with Crippen molar-refractivity contribution in [3.05, 3.63) is 30.0 Å². The van der Waals surface area contributed by atoms with Gasteiger partial charge in [0.25, 0.3) is 0 Å². The minimum absolute atomic E-state index is 0.209. The van der Waals surface area contributed by atoms with Crippen molar-refractivity contribution in [1.29, 1.82) is 0 Å². The Kier molecular flexibility index (Phi) is 4.57. The molecule has 2 heterocycles. The Hall–Kier alpha value is -1.97. The molecule has 0 saturated carbocycles. The van der Waals surface area contributed by atoms with Gasteiger partial charge >= 0.3 is 0 Å². The topological polar surface area (TPSA) is 42.7 Å². The summed E-state index contributed by atoms with van der Waals surface area (Å²) in [5.74, 6) is 0.972. The first-order chi connectivity index (χ1) is 11.4. The molecule has 24 heavy (non-hydrogen) atoms. The molecule has 3 rings (SSSR count). The molecule has 1 saturated heterocycles. The van der Waals surface area contributed by atoms with Crippen molar-refractivity contribution in [1.82, 2.24) is 4.90 Å². The maximum atomic E-state index is 12.8. The second-order valence-corrected chi connectivity index (χ2v) is 7.95. The second kappa shape index (κ2) is 6.50. The Morgan fingerprint density at radius 3 is 2.88 bits per heavy atom. The molecule has 1 aliphatic heterocycles. The van der Waals surface area contributed by atoms with E-state index < -0.39 is 0 Å². The molecule has 4 nitrogen and oxygen atoms in total. The average molecular weight is 329 g/mol. The van der Waals surface area contributed by atoms with Crippen LogP contribution in [-0.2, 0) is 11.2 Å². The summed E-state index contributed by atoms with van der Waals surface area (Å²) >= 11 is 0. The van der Waals surface area contributed by atoms with E-state index in [-0.39, 0.29) is 11.3 Å². The van der Waals surface area contributed by atoms with Crippen LogP contribution in [-0.4, -0.2) is 30.5 Å². The van der Waals surface area contributed by atoms with E-state index >= 15 is 0 Å². The number of fused-ring (bicyclic) bond motifs is 1. The summed E-state index contributed by atoms with van der Waals surface area (Å²) in [6.07, 6.45) is 5.39. The number of carbonyl (C=O) groups is 1. The molecular weight excluding hydrogens is 302 g/mol. The van der Waals surface area contributed by atoms with Crippen LogP contribution < -0.4 is 4.74 Å². The summed E-state index contributed by atoms with van der Waals surface area (Å²) in [6, 6.07) is 6.11. The highest BCUT2D eigenvalue weighted by atomic mass is 16.5. The van der Waals surface area contributed by atoms with Crippen LogP contribution in [0.15, 0.2) is 28.9 Å². The number of carbonyl (C=O) groups excluding carboxylic acids is 1. The molecular formula is C20H27NO3. The molecule has 1 fully saturated rings. The van der Waals surface area contributed by atoms with E-state index in [9.17, 15) is 4.79 Å². The van der Waals surface area contributed by atoms with Crippen molar-refractivity contribution in [2.24, 2.45) is 5.41 Å². The highest BCUT2D eigenvalue weighted by molar-refractivity contribution is 5.88. The maximum Gasteiger partial charge on any atom is 0.227 e. The molecule has 0 bridgehead atoms. The first kappa shape index (κ1) is 16.9. The fraction of sp³-hybridized carbons (Fsp3) is 0.550. The summed E-state index contributed by atoms with van der Waals surface area (Å²) in [7, 11) is 1.64. The molecule has 1 unspecified atom stereocenters. The lowest BCUT2D eigenvalue weighted by Gasteiger charge is -2.30. The molecule has 1 atom stereocenters. The minimum atomic E-state index is 0.209. The van der Waals surface area contributed by atoms with Gasteiger partial charge < -0.3 is 14.1 Å². The Labute approximate surface area is 143 Å². The van der Waals surface area contributed by atoms with Crippen molar-refractivity contribution in [2.45, 2.75) is 52.5 Å². The van der Waals surface area contributed by atoms with Crippen molar-refractivity contribution >= 4 is 16.9 Å². The predicted octanol–water partition coefficient (Wildman–Crippen LogP) is 4.41. The standard InChI is InChI=1S/C20H27NO3/c1-20(2,3)12-15-6-5-9-21(15)19(22)10-14-13-24-18-11-16(23-4)7-8-17(14)18/h7-8,11,13,15H,5-6,9-10,12H2,1-4H3. The SMILES string of the molecule is COc1ccc2c(CC(=O)N3CCCC3CC(C)(C)C)coc2c1. The van der Waals surface area contributed by atoms with E-state index in [1.54, 1.807) is 13.4 Å². The summed E-state index contributed by atoms with van der Waals surface area (Å²) < 4.78 is 10.8. The summed E-state index contributed by atoms with van der Waals surface area (Å²) in [6.45, 7) is 7.60. The van der Waals surface area contributed by atoms with Gasteiger partial charge in [0.1, 0.15) is 11.3 Å². The van der Waals surface area contributed by atoms with Crippen LogP contribution in [0.2, 0.25) is 0 Å². The Morgan fingerprint density at radius 1 is 1.38 bits per heavy atom. The number of amides is 1. The largest absolute Gasteiger partial charge is 0.497 e. The van der Waals surface area contributed by atoms with E-state index in [1.165, 1.54) is 0 Å². The first-order valence-corrected chi connectivity index (χ1v) is 8.71. The van der Waals surface area contributed by atoms with Gasteiger partial charge in [-0.05, 0) is 36.8 Å². The van der Waals surface area contributed by atoms with Crippen LogP contribution in [0.1, 0.15) is 45.6 Å². The van der Waals surface area contributed by atoms with Crippen molar-refractivity contribution in [3.63, 3.8) is 0 Å². The number of hydrogen-bond donors (Lipinski definition) is 0. The Bertz CT molecular complexity index is 726. The third kappa shape index (κ3) is 3.58. The monoisotopic (exact) mass is 329 g/mol. The number of rotatable bonds is 4. The van der Waals surface area contributed by atoms with Crippen LogP contribution >= 0.6 is 0 Å². The number of ether oxygens (including phenoxy) is 1. The molecule has 1 aromatic carbocycles. The molecule has 1 aliphatic rings. The molecule has 0 spiro atoms. The van der Waals surface area contributed by atoms with Crippen LogP contribution in [0, 0.1) is 5.41 Å². The van der Waals surface area contributed by atoms with Crippen molar-refractivity contribution < 1.29 is 13.9 Å². The fourth-order valence-electron chi connectivity index (χ4n) is 3.68. The number of likely N-dealkylation sites (tertiary alicyclic amines) is 1. The molecule has 0 radical (unpaired) electrons. The highest BCUT2D eigenvalue weighted by Crippen LogP contribution is 2.31. The normalized spacial score (nSPS) is 18.3. The number of benzene rings is 1. The van der Waals surface area contributed by atoms with Crippen LogP contribution in [0.4, 0.5) is 0 Å². The number of methoxy groups -OCH3 is 1. The third-order valence-corrected chi connectivity index (χ3v) is 4.75. The van der Waals surface area contributed by atoms with Gasteiger partial charge in [0.05, 0.1) is 19.8 Å². The first-order valence-electron chi connectivity index (χ1n) is 8.71. The Morgan fingerprint density at radius 2 is 2.17 bits per heavy atom. The van der Waals surface area contributed by atoms with Gasteiger partial charge in [-0.2, -0.15) is 0 Å². The molecule has 130 valence electrons. The summed E-state index contributed by atoms with van der Waals surface area (Å²) in [5, 5.41) is 0.996. The molecule has 1 amide bonds. The molecule has 4 heteroatoms. The predicted molar refractivity (Wildman–Crippen MR) is 95.3 cm³/mol. The van der Waals surface area contributed by atoms with Gasteiger partial charge in [0.2, 0.25) is 5.91 Å². The second-order valence-electron chi connectivity index (χ2n) is 7.95. The van der Waals surface area contributed by atoms with Gasteiger partial charge in [-0.25, -0.2) is 0 Å². The quantitative estimate of drug-likeness (QED) is 0.834. The van der Waals surface area contributed by atoms with E-state index in [0.29, 0.717) is 12.5 Å². The van der Waals surface area contributed by atoms with Gasteiger partial charge in [0, 0.05) is 29.6 Å². The lowest BCUT2D eigenvalue weighted by molar-refractivity contribution is -0.131. The maximum absolute atomic E-state index is 12.8. The van der Waals surface area contributed by atoms with Gasteiger partial charge in [-0.3, -0.25) is 4.79 Å². The minimum Gasteiger partial charge on any atom is -0.497 e. The van der Waals surface area contributed by atoms with Crippen LogP contribution in [0.3, 0.4) is 0 Å². The fourth-order valence-corrected chi connectivity index (χ4v) is 3.68. The van der Waals surface area contributed by atoms with Gasteiger partial charge in [-0.1, -0.05) is 20.8 Å². The lowest BCUT2D eigenvalue weighted by atomic mass is 9.87. The zero-order chi connectivity index (χ0) is 17.3. The number of furan rings is 1. The molecule has 0 aliphatic carbocycles. The number of nitrogens with zero attached hydrogens (tertiary/aromatic N) is 1. The summed E-state index contributed by atoms with van der Waals surface area (Å²) in [4.78, 5) is 14.9. The van der Waals surface area contributed by atoms with Gasteiger partial charge in [0.15, 0.2) is 0 Å². The van der Waals surface area contributed by atoms with Crippen LogP contribution in [0.5, 0.6) is 5.75 Å². The number of hydrogen-bond acceptors (Lipinski definition) is 3. The molecule has 1 aromatic heterocycles. The van der Waals surface area contributed by atoms with E-state index in [2.05, 4.69) is 25.7 Å². The Balaban J connectivity index is 1.75. The summed E-state index contributed by atoms with van der Waals surface area (Å²) in [5.41, 5.74) is 1.97. The lowest BCUT2D eigenvalue weighted by Crippen LogP contribution is -2.38. The van der Waals surface area contributed by atoms with E-state index in [1.807, 2.05) is 18.2 Å². The van der Waals surface area contributed by atoms with E-state index in [4.69, 9.17) is 9.15 Å². The van der Waals surface area contributed by atoms with Crippen LogP contribution in [0.25, 0.3) is 11.0 Å². The highest BCUT2D eigenvalue weighted by Gasteiger charge is 2.31. The van der Waals surface area contributed by atoms with Gasteiger partial charge in [-0.15, -0.1) is 0 Å². The molecule has 0 N–H and O–H groups in total. The van der Waals surface area contributed by atoms with Crippen molar-refractivity contribution in [2.75, 3.05) is 13.7 Å². The average Bonchev–Trinajstić information content (AvgIpc) is 3.12. The van der Waals surface area contributed by atoms with Crippen molar-refractivity contribution in [3.8, 4) is 5.75 Å². The third-order valence-electron chi connectivity index (χ3n) is 4.75. The smallest absolute Gasteiger partial charge is 0.227 e.